The number of carboxylic acid groups (broad SMARTS) is 1. The van der Waals surface area contributed by atoms with Crippen LogP contribution in [0.25, 0.3) is 0 Å². The monoisotopic (exact) mass is 211 g/mol. The summed E-state index contributed by atoms with van der Waals surface area (Å²) in [7, 11) is 0. The maximum atomic E-state index is 11.1. The number of carboxylic acids is 1. The zero-order chi connectivity index (χ0) is 11.5. The molecule has 0 saturated heterocycles. The zero-order valence-corrected chi connectivity index (χ0v) is 9.32. The average molecular weight is 211 g/mol. The summed E-state index contributed by atoms with van der Waals surface area (Å²) < 4.78 is 1.64. The van der Waals surface area contributed by atoms with Gasteiger partial charge in [0.05, 0.1) is 12.2 Å². The molecule has 0 radical (unpaired) electrons. The molecular weight excluding hydrogens is 194 g/mol. The molecule has 5 heteroatoms. The summed E-state index contributed by atoms with van der Waals surface area (Å²) in [6.45, 7) is 6.36. The predicted octanol–water partition coefficient (Wildman–Crippen LogP) is 0.644. The predicted molar refractivity (Wildman–Crippen MR) is 56.7 cm³/mol. The van der Waals surface area contributed by atoms with Gasteiger partial charge < -0.3 is 10.4 Å². The number of rotatable bonds is 5. The summed E-state index contributed by atoms with van der Waals surface area (Å²) >= 11 is 0. The van der Waals surface area contributed by atoms with Crippen molar-refractivity contribution in [3.8, 4) is 0 Å². The first-order valence-corrected chi connectivity index (χ1v) is 4.96. The number of aliphatic carboxylic acids is 1. The fourth-order valence-electron chi connectivity index (χ4n) is 1.46. The quantitative estimate of drug-likeness (QED) is 0.750. The molecule has 0 fully saturated rings. The molecule has 0 spiro atoms. The van der Waals surface area contributed by atoms with E-state index in [0.29, 0.717) is 13.1 Å². The third-order valence-electron chi connectivity index (χ3n) is 2.29. The van der Waals surface area contributed by atoms with E-state index in [0.717, 1.165) is 5.69 Å². The maximum Gasteiger partial charge on any atom is 0.325 e. The number of likely N-dealkylation sites (N-methyl/N-ethyl adjacent to an activating group) is 1. The van der Waals surface area contributed by atoms with Crippen molar-refractivity contribution in [2.45, 2.75) is 32.9 Å². The van der Waals surface area contributed by atoms with Crippen LogP contribution in [0.2, 0.25) is 0 Å². The van der Waals surface area contributed by atoms with Crippen LogP contribution >= 0.6 is 0 Å². The third-order valence-corrected chi connectivity index (χ3v) is 2.29. The Morgan fingerprint density at radius 3 is 2.80 bits per heavy atom. The standard InChI is InChI=1S/C10H17N3O2/c1-4-11-10(3,9(14)15)7-13-6-5-8(2)12-13/h5-6,11H,4,7H2,1-3H3,(H,14,15). The molecule has 1 aromatic heterocycles. The molecule has 0 aliphatic carbocycles. The van der Waals surface area contributed by atoms with Crippen molar-refractivity contribution in [3.05, 3.63) is 18.0 Å². The molecule has 15 heavy (non-hydrogen) atoms. The van der Waals surface area contributed by atoms with Gasteiger partial charge in [-0.25, -0.2) is 0 Å². The first kappa shape index (κ1) is 11.7. The Morgan fingerprint density at radius 2 is 2.40 bits per heavy atom. The van der Waals surface area contributed by atoms with Crippen LogP contribution in [0.3, 0.4) is 0 Å². The summed E-state index contributed by atoms with van der Waals surface area (Å²) in [5.74, 6) is -0.863. The molecular formula is C10H17N3O2. The van der Waals surface area contributed by atoms with Crippen molar-refractivity contribution in [3.63, 3.8) is 0 Å². The number of hydrogen-bond donors (Lipinski definition) is 2. The Hall–Kier alpha value is -1.36. The Morgan fingerprint density at radius 1 is 1.73 bits per heavy atom. The van der Waals surface area contributed by atoms with Crippen LogP contribution in [0.5, 0.6) is 0 Å². The first-order valence-electron chi connectivity index (χ1n) is 4.96. The molecule has 1 atom stereocenters. The fourth-order valence-corrected chi connectivity index (χ4v) is 1.46. The van der Waals surface area contributed by atoms with E-state index in [1.807, 2.05) is 19.9 Å². The van der Waals surface area contributed by atoms with Crippen molar-refractivity contribution in [2.24, 2.45) is 0 Å². The Bertz CT molecular complexity index is 348. The van der Waals surface area contributed by atoms with Crippen LogP contribution in [-0.2, 0) is 11.3 Å². The molecule has 1 aromatic rings. The van der Waals surface area contributed by atoms with Crippen LogP contribution in [0.4, 0.5) is 0 Å². The van der Waals surface area contributed by atoms with Gasteiger partial charge in [-0.05, 0) is 26.5 Å². The van der Waals surface area contributed by atoms with Gasteiger partial charge in [0.25, 0.3) is 0 Å². The van der Waals surface area contributed by atoms with Crippen LogP contribution in [0.1, 0.15) is 19.5 Å². The number of nitrogens with zero attached hydrogens (tertiary/aromatic N) is 2. The highest BCUT2D eigenvalue weighted by Crippen LogP contribution is 2.08. The molecule has 0 bridgehead atoms. The van der Waals surface area contributed by atoms with E-state index in [1.54, 1.807) is 17.8 Å². The van der Waals surface area contributed by atoms with Crippen molar-refractivity contribution >= 4 is 5.97 Å². The summed E-state index contributed by atoms with van der Waals surface area (Å²) in [4.78, 5) is 11.1. The summed E-state index contributed by atoms with van der Waals surface area (Å²) in [5, 5.41) is 16.3. The van der Waals surface area contributed by atoms with Gasteiger partial charge in [0.2, 0.25) is 0 Å². The highest BCUT2D eigenvalue weighted by molar-refractivity contribution is 5.78. The number of carbonyl (C=O) groups is 1. The minimum absolute atomic E-state index is 0.323. The summed E-state index contributed by atoms with van der Waals surface area (Å²) in [6, 6.07) is 1.86. The normalized spacial score (nSPS) is 14.9. The van der Waals surface area contributed by atoms with E-state index in [1.165, 1.54) is 0 Å². The van der Waals surface area contributed by atoms with Crippen molar-refractivity contribution in [2.75, 3.05) is 6.54 Å². The van der Waals surface area contributed by atoms with E-state index in [4.69, 9.17) is 5.11 Å². The molecule has 0 aliphatic heterocycles. The average Bonchev–Trinajstić information content (AvgIpc) is 2.51. The van der Waals surface area contributed by atoms with E-state index in [2.05, 4.69) is 10.4 Å². The van der Waals surface area contributed by atoms with Gasteiger partial charge >= 0.3 is 5.97 Å². The first-order chi connectivity index (χ1) is 6.98. The van der Waals surface area contributed by atoms with Gasteiger partial charge in [0, 0.05) is 6.20 Å². The molecule has 1 unspecified atom stereocenters. The lowest BCUT2D eigenvalue weighted by Gasteiger charge is -2.25. The van der Waals surface area contributed by atoms with Gasteiger partial charge in [-0.2, -0.15) is 5.10 Å². The summed E-state index contributed by atoms with van der Waals surface area (Å²) in [5.41, 5.74) is -0.0769. The Labute approximate surface area is 89.1 Å². The van der Waals surface area contributed by atoms with Crippen LogP contribution in [0.15, 0.2) is 12.3 Å². The molecule has 0 aliphatic rings. The fraction of sp³-hybridized carbons (Fsp3) is 0.600. The molecule has 2 N–H and O–H groups in total. The zero-order valence-electron chi connectivity index (χ0n) is 9.32. The number of aryl methyl sites for hydroxylation is 1. The lowest BCUT2D eigenvalue weighted by atomic mass is 10.0. The Balaban J connectivity index is 2.79. The van der Waals surface area contributed by atoms with Gasteiger partial charge in [0.1, 0.15) is 5.54 Å². The smallest absolute Gasteiger partial charge is 0.325 e. The highest BCUT2D eigenvalue weighted by atomic mass is 16.4. The van der Waals surface area contributed by atoms with Gasteiger partial charge in [0.15, 0.2) is 0 Å². The van der Waals surface area contributed by atoms with Gasteiger partial charge in [-0.1, -0.05) is 6.92 Å². The topological polar surface area (TPSA) is 67.2 Å². The van der Waals surface area contributed by atoms with Crippen molar-refractivity contribution < 1.29 is 9.90 Å². The number of hydrogen-bond acceptors (Lipinski definition) is 3. The lowest BCUT2D eigenvalue weighted by Crippen LogP contribution is -2.52. The van der Waals surface area contributed by atoms with Gasteiger partial charge in [-0.3, -0.25) is 9.48 Å². The molecule has 1 rings (SSSR count). The third kappa shape index (κ3) is 2.79. The largest absolute Gasteiger partial charge is 0.480 e. The lowest BCUT2D eigenvalue weighted by molar-refractivity contribution is -0.144. The molecule has 5 nitrogen and oxygen atoms in total. The van der Waals surface area contributed by atoms with Crippen LogP contribution in [0, 0.1) is 6.92 Å². The van der Waals surface area contributed by atoms with Gasteiger partial charge in [-0.15, -0.1) is 0 Å². The molecule has 1 heterocycles. The van der Waals surface area contributed by atoms with Crippen molar-refractivity contribution in [1.82, 2.24) is 15.1 Å². The van der Waals surface area contributed by atoms with Crippen LogP contribution in [-0.4, -0.2) is 32.9 Å². The maximum absolute atomic E-state index is 11.1. The Kier molecular flexibility index (Phi) is 3.47. The number of aromatic nitrogens is 2. The van der Waals surface area contributed by atoms with E-state index in [-0.39, 0.29) is 0 Å². The molecule has 0 saturated carbocycles. The SMILES string of the molecule is CCNC(C)(Cn1ccc(C)n1)C(=O)O. The molecule has 84 valence electrons. The van der Waals surface area contributed by atoms with E-state index < -0.39 is 11.5 Å². The second-order valence-corrected chi connectivity index (χ2v) is 3.82. The highest BCUT2D eigenvalue weighted by Gasteiger charge is 2.32. The van der Waals surface area contributed by atoms with Crippen LogP contribution < -0.4 is 5.32 Å². The molecule has 0 amide bonds. The summed E-state index contributed by atoms with van der Waals surface area (Å²) in [6.07, 6.45) is 1.79. The second-order valence-electron chi connectivity index (χ2n) is 3.82. The minimum Gasteiger partial charge on any atom is -0.480 e. The number of nitrogens with one attached hydrogen (secondary N) is 1. The van der Waals surface area contributed by atoms with E-state index in [9.17, 15) is 4.79 Å². The second kappa shape index (κ2) is 4.44. The molecule has 0 aromatic carbocycles. The minimum atomic E-state index is -0.965. The van der Waals surface area contributed by atoms with E-state index >= 15 is 0 Å². The van der Waals surface area contributed by atoms with Crippen molar-refractivity contribution in [1.29, 1.82) is 0 Å².